The zero-order valence-electron chi connectivity index (χ0n) is 22.3. The van der Waals surface area contributed by atoms with E-state index in [1.807, 2.05) is 30.2 Å². The first-order valence-electron chi connectivity index (χ1n) is 13.2. The third kappa shape index (κ3) is 6.34. The molecule has 3 heterocycles. The first-order valence-corrected chi connectivity index (χ1v) is 13.2. The van der Waals surface area contributed by atoms with Crippen LogP contribution in [0, 0.1) is 0 Å². The van der Waals surface area contributed by atoms with Crippen LogP contribution in [0.3, 0.4) is 0 Å². The van der Waals surface area contributed by atoms with Gasteiger partial charge in [0.2, 0.25) is 0 Å². The van der Waals surface area contributed by atoms with Gasteiger partial charge >= 0.3 is 5.97 Å². The molecule has 38 heavy (non-hydrogen) atoms. The number of pyridine rings is 1. The van der Waals surface area contributed by atoms with Crippen LogP contribution in [0.5, 0.6) is 0 Å². The number of hydrogen-bond donors (Lipinski definition) is 3. The predicted molar refractivity (Wildman–Crippen MR) is 148 cm³/mol. The molecule has 4 rings (SSSR count). The van der Waals surface area contributed by atoms with Crippen LogP contribution in [0.1, 0.15) is 32.6 Å². The first-order chi connectivity index (χ1) is 18.4. The molecule has 1 saturated heterocycles. The number of amidine groups is 1. The van der Waals surface area contributed by atoms with Crippen molar-refractivity contribution in [3.63, 3.8) is 0 Å². The fraction of sp³-hybridized carbons (Fsp3) is 0.481. The van der Waals surface area contributed by atoms with E-state index in [-0.39, 0.29) is 17.9 Å². The molecule has 4 N–H and O–H groups in total. The van der Waals surface area contributed by atoms with Gasteiger partial charge in [0, 0.05) is 51.0 Å². The van der Waals surface area contributed by atoms with E-state index in [1.54, 1.807) is 13.1 Å². The van der Waals surface area contributed by atoms with E-state index in [0.29, 0.717) is 41.9 Å². The van der Waals surface area contributed by atoms with Crippen molar-refractivity contribution in [3.8, 4) is 0 Å². The summed E-state index contributed by atoms with van der Waals surface area (Å²) in [7, 11) is 1.62. The Hall–Kier alpha value is -3.86. The molecule has 11 nitrogen and oxygen atoms in total. The molecule has 11 heteroatoms. The zero-order valence-corrected chi connectivity index (χ0v) is 22.3. The number of carbonyl (C=O) groups excluding carboxylic acids is 2. The second-order valence-corrected chi connectivity index (χ2v) is 9.52. The molecule has 204 valence electrons. The molecule has 1 aromatic heterocycles. The molecule has 2 aliphatic heterocycles. The molecule has 0 radical (unpaired) electrons. The normalized spacial score (nSPS) is 20.6. The van der Waals surface area contributed by atoms with E-state index < -0.39 is 0 Å². The number of carbonyl (C=O) groups is 2. The minimum atomic E-state index is -0.180. The number of aromatic nitrogens is 1. The number of rotatable bonds is 9. The summed E-state index contributed by atoms with van der Waals surface area (Å²) in [6, 6.07) is 4.09. The van der Waals surface area contributed by atoms with Gasteiger partial charge < -0.3 is 30.9 Å². The van der Waals surface area contributed by atoms with Gasteiger partial charge in [0.25, 0.3) is 5.91 Å². The number of amides is 1. The molecule has 1 saturated carbocycles. The Morgan fingerprint density at radius 2 is 1.97 bits per heavy atom. The lowest BCUT2D eigenvalue weighted by Gasteiger charge is -2.35. The summed E-state index contributed by atoms with van der Waals surface area (Å²) in [6.45, 7) is 9.81. The van der Waals surface area contributed by atoms with Crippen molar-refractivity contribution in [2.24, 2.45) is 10.7 Å². The summed E-state index contributed by atoms with van der Waals surface area (Å²) < 4.78 is 5.05. The van der Waals surface area contributed by atoms with E-state index >= 15 is 0 Å². The fourth-order valence-corrected chi connectivity index (χ4v) is 5.11. The summed E-state index contributed by atoms with van der Waals surface area (Å²) in [4.78, 5) is 40.0. The molecule has 0 aromatic carbocycles. The number of nitrogens with zero attached hydrogens (tertiary/aromatic N) is 5. The van der Waals surface area contributed by atoms with E-state index in [2.05, 4.69) is 32.0 Å². The van der Waals surface area contributed by atoms with E-state index in [1.165, 1.54) is 6.20 Å². The molecule has 0 bridgehead atoms. The highest BCUT2D eigenvalue weighted by atomic mass is 16.5. The SMILES string of the molecule is C=C(/N=C1\C(=C/N)C=C(C(=O)NC)N1C1CCCC1)Nc1ccc(N2CCN(CC(=O)OCC)CC2)cn1. The van der Waals surface area contributed by atoms with Gasteiger partial charge in [0.05, 0.1) is 25.0 Å². The fourth-order valence-electron chi connectivity index (χ4n) is 5.11. The second-order valence-electron chi connectivity index (χ2n) is 9.52. The Morgan fingerprint density at radius 3 is 2.58 bits per heavy atom. The lowest BCUT2D eigenvalue weighted by atomic mass is 10.2. The number of esters is 1. The number of nitrogens with two attached hydrogens (primary N) is 1. The van der Waals surface area contributed by atoms with Crippen LogP contribution in [-0.4, -0.2) is 84.9 Å². The van der Waals surface area contributed by atoms with Crippen molar-refractivity contribution in [1.82, 2.24) is 20.1 Å². The van der Waals surface area contributed by atoms with Gasteiger partial charge in [-0.2, -0.15) is 0 Å². The maximum absolute atomic E-state index is 12.6. The monoisotopic (exact) mass is 522 g/mol. The van der Waals surface area contributed by atoms with E-state index in [9.17, 15) is 9.59 Å². The van der Waals surface area contributed by atoms with Crippen molar-refractivity contribution < 1.29 is 14.3 Å². The van der Waals surface area contributed by atoms with Gasteiger partial charge in [-0.15, -0.1) is 0 Å². The Bertz CT molecular complexity index is 1110. The number of hydrogen-bond acceptors (Lipinski definition) is 9. The predicted octanol–water partition coefficient (Wildman–Crippen LogP) is 1.78. The first kappa shape index (κ1) is 27.2. The molecular weight excluding hydrogens is 484 g/mol. The highest BCUT2D eigenvalue weighted by Gasteiger charge is 2.36. The molecule has 3 aliphatic rings. The van der Waals surface area contributed by atoms with Crippen molar-refractivity contribution >= 4 is 29.2 Å². The summed E-state index contributed by atoms with van der Waals surface area (Å²) >= 11 is 0. The highest BCUT2D eigenvalue weighted by molar-refractivity contribution is 6.12. The van der Waals surface area contributed by atoms with Gasteiger partial charge in [-0.3, -0.25) is 14.5 Å². The number of piperazine rings is 1. The molecular formula is C27H38N8O3. The van der Waals surface area contributed by atoms with Crippen LogP contribution in [0.4, 0.5) is 11.5 Å². The largest absolute Gasteiger partial charge is 0.465 e. The van der Waals surface area contributed by atoms with Crippen LogP contribution >= 0.6 is 0 Å². The van der Waals surface area contributed by atoms with Crippen molar-refractivity contribution in [2.75, 3.05) is 56.6 Å². The summed E-state index contributed by atoms with van der Waals surface area (Å²) in [5.41, 5.74) is 8.16. The Kier molecular flexibility index (Phi) is 9.01. The summed E-state index contributed by atoms with van der Waals surface area (Å²) in [5.74, 6) is 1.29. The maximum atomic E-state index is 12.6. The third-order valence-electron chi connectivity index (χ3n) is 7.02. The molecule has 0 unspecified atom stereocenters. The van der Waals surface area contributed by atoms with Crippen molar-refractivity contribution in [1.29, 1.82) is 0 Å². The van der Waals surface area contributed by atoms with Gasteiger partial charge in [-0.05, 0) is 38.0 Å². The second kappa shape index (κ2) is 12.6. The summed E-state index contributed by atoms with van der Waals surface area (Å²) in [5, 5.41) is 5.88. The van der Waals surface area contributed by atoms with Gasteiger partial charge in [0.15, 0.2) is 0 Å². The smallest absolute Gasteiger partial charge is 0.320 e. The quantitative estimate of drug-likeness (QED) is 0.416. The molecule has 1 amide bonds. The average Bonchev–Trinajstić information content (AvgIpc) is 3.57. The van der Waals surface area contributed by atoms with Crippen molar-refractivity contribution in [2.45, 2.75) is 38.6 Å². The van der Waals surface area contributed by atoms with Crippen LogP contribution in [0.15, 0.2) is 59.3 Å². The summed E-state index contributed by atoms with van der Waals surface area (Å²) in [6.07, 6.45) is 9.30. The van der Waals surface area contributed by atoms with Crippen LogP contribution in [0.25, 0.3) is 0 Å². The number of anilines is 2. The minimum absolute atomic E-state index is 0.168. The Labute approximate surface area is 224 Å². The minimum Gasteiger partial charge on any atom is -0.465 e. The molecule has 0 atom stereocenters. The van der Waals surface area contributed by atoms with Crippen LogP contribution in [-0.2, 0) is 14.3 Å². The maximum Gasteiger partial charge on any atom is 0.320 e. The van der Waals surface area contributed by atoms with Crippen LogP contribution < -0.4 is 21.3 Å². The topological polar surface area (TPSA) is 128 Å². The van der Waals surface area contributed by atoms with Crippen molar-refractivity contribution in [3.05, 3.63) is 54.3 Å². The Morgan fingerprint density at radius 1 is 1.24 bits per heavy atom. The zero-order chi connectivity index (χ0) is 27.1. The number of nitrogens with one attached hydrogen (secondary N) is 2. The molecule has 1 aromatic rings. The third-order valence-corrected chi connectivity index (χ3v) is 7.02. The van der Waals surface area contributed by atoms with Gasteiger partial charge in [-0.25, -0.2) is 9.98 Å². The van der Waals surface area contributed by atoms with E-state index in [4.69, 9.17) is 15.5 Å². The highest BCUT2D eigenvalue weighted by Crippen LogP contribution is 2.33. The lowest BCUT2D eigenvalue weighted by molar-refractivity contribution is -0.144. The standard InChI is InChI=1S/C27H38N8O3/c1-4-38-25(36)18-33-11-13-34(14-12-33)22-9-10-24(30-17-22)31-19(2)32-26-20(16-28)15-23(27(37)29-3)35(26)21-7-5-6-8-21/h9-10,15-17,21H,2,4-8,11-14,18,28H2,1,3H3,(H,29,37)(H,30,31)/b20-16-,32-26+. The molecule has 2 fully saturated rings. The average molecular weight is 523 g/mol. The Balaban J connectivity index is 1.39. The number of aliphatic imine (C=N–C) groups is 1. The lowest BCUT2D eigenvalue weighted by Crippen LogP contribution is -2.48. The molecule has 0 spiro atoms. The number of likely N-dealkylation sites (N-methyl/N-ethyl adjacent to an activating group) is 1. The molecule has 1 aliphatic carbocycles. The van der Waals surface area contributed by atoms with E-state index in [0.717, 1.165) is 57.5 Å². The van der Waals surface area contributed by atoms with Crippen LogP contribution in [0.2, 0.25) is 0 Å². The number of ether oxygens (including phenoxy) is 1. The van der Waals surface area contributed by atoms with Gasteiger partial charge in [0.1, 0.15) is 23.2 Å². The van der Waals surface area contributed by atoms with Gasteiger partial charge in [-0.1, -0.05) is 19.4 Å².